The number of hydrogen-bond donors (Lipinski definition) is 1. The first-order valence-corrected chi connectivity index (χ1v) is 8.39. The highest BCUT2D eigenvalue weighted by Gasteiger charge is 2.32. The summed E-state index contributed by atoms with van der Waals surface area (Å²) in [5.74, 6) is 0.497. The third kappa shape index (κ3) is 4.00. The van der Waals surface area contributed by atoms with Crippen LogP contribution in [0, 0.1) is 0 Å². The lowest BCUT2D eigenvalue weighted by atomic mass is 9.83. The van der Waals surface area contributed by atoms with Gasteiger partial charge in [0.25, 0.3) is 5.91 Å². The molecule has 21 heavy (non-hydrogen) atoms. The molecule has 0 saturated heterocycles. The van der Waals surface area contributed by atoms with E-state index in [4.69, 9.17) is 11.6 Å². The Hall–Kier alpha value is -1.02. The number of alkyl halides is 1. The van der Waals surface area contributed by atoms with Crippen molar-refractivity contribution >= 4 is 17.5 Å². The second-order valence-electron chi connectivity index (χ2n) is 7.26. The highest BCUT2D eigenvalue weighted by atomic mass is 35.5. The summed E-state index contributed by atoms with van der Waals surface area (Å²) in [6.07, 6.45) is 5.52. The summed E-state index contributed by atoms with van der Waals surface area (Å²) in [7, 11) is 0. The molecule has 1 aromatic rings. The van der Waals surface area contributed by atoms with Gasteiger partial charge in [-0.15, -0.1) is 11.6 Å². The highest BCUT2D eigenvalue weighted by molar-refractivity contribution is 6.19. The van der Waals surface area contributed by atoms with E-state index < -0.39 is 0 Å². The summed E-state index contributed by atoms with van der Waals surface area (Å²) >= 11 is 6.14. The summed E-state index contributed by atoms with van der Waals surface area (Å²) in [4.78, 5) is 12.5. The normalized spacial score (nSPS) is 18.3. The van der Waals surface area contributed by atoms with Crippen molar-refractivity contribution in [1.82, 2.24) is 5.32 Å². The summed E-state index contributed by atoms with van der Waals surface area (Å²) < 4.78 is 0. The van der Waals surface area contributed by atoms with Crippen LogP contribution in [0.1, 0.15) is 68.8 Å². The number of benzene rings is 1. The van der Waals surface area contributed by atoms with Crippen LogP contribution >= 0.6 is 11.6 Å². The average Bonchev–Trinajstić information content (AvgIpc) is 2.47. The van der Waals surface area contributed by atoms with Crippen LogP contribution in [0.3, 0.4) is 0 Å². The monoisotopic (exact) mass is 307 g/mol. The minimum Gasteiger partial charge on any atom is -0.345 e. The van der Waals surface area contributed by atoms with E-state index in [2.05, 4.69) is 26.1 Å². The molecule has 0 radical (unpaired) electrons. The molecular formula is C18H26ClNO. The molecule has 1 amide bonds. The maximum atomic E-state index is 12.5. The van der Waals surface area contributed by atoms with Crippen molar-refractivity contribution in [2.45, 2.75) is 63.8 Å². The second-order valence-corrected chi connectivity index (χ2v) is 7.52. The van der Waals surface area contributed by atoms with Gasteiger partial charge in [-0.05, 0) is 36.0 Å². The quantitative estimate of drug-likeness (QED) is 0.809. The van der Waals surface area contributed by atoms with E-state index in [-0.39, 0.29) is 16.9 Å². The van der Waals surface area contributed by atoms with Crippen molar-refractivity contribution in [2.24, 2.45) is 0 Å². The van der Waals surface area contributed by atoms with Crippen LogP contribution in [-0.4, -0.2) is 17.3 Å². The van der Waals surface area contributed by atoms with Gasteiger partial charge in [-0.3, -0.25) is 4.79 Å². The fourth-order valence-electron chi connectivity index (χ4n) is 2.96. The van der Waals surface area contributed by atoms with Crippen LogP contribution in [0.15, 0.2) is 24.3 Å². The molecule has 1 aromatic carbocycles. The van der Waals surface area contributed by atoms with Gasteiger partial charge in [0.05, 0.1) is 5.54 Å². The van der Waals surface area contributed by atoms with Gasteiger partial charge < -0.3 is 5.32 Å². The minimum absolute atomic E-state index is 0.00184. The Kier molecular flexibility index (Phi) is 4.98. The number of carbonyl (C=O) groups is 1. The fourth-order valence-corrected chi connectivity index (χ4v) is 3.29. The fraction of sp³-hybridized carbons (Fsp3) is 0.611. The Bertz CT molecular complexity index is 481. The highest BCUT2D eigenvalue weighted by Crippen LogP contribution is 2.30. The van der Waals surface area contributed by atoms with Gasteiger partial charge >= 0.3 is 0 Å². The van der Waals surface area contributed by atoms with Crippen LogP contribution in [0.25, 0.3) is 0 Å². The molecule has 0 bridgehead atoms. The largest absolute Gasteiger partial charge is 0.345 e. The standard InChI is InChI=1S/C18H26ClNO/c1-17(2,3)15-9-7-14(8-10-15)16(21)20-18(13-19)11-5-4-6-12-18/h7-10H,4-6,11-13H2,1-3H3,(H,20,21). The molecule has 1 N–H and O–H groups in total. The number of rotatable bonds is 3. The first-order valence-electron chi connectivity index (χ1n) is 7.85. The third-order valence-electron chi connectivity index (χ3n) is 4.46. The minimum atomic E-state index is -0.209. The molecule has 0 unspecified atom stereocenters. The summed E-state index contributed by atoms with van der Waals surface area (Å²) in [6, 6.07) is 7.92. The van der Waals surface area contributed by atoms with Gasteiger partial charge in [-0.25, -0.2) is 0 Å². The van der Waals surface area contributed by atoms with E-state index in [0.29, 0.717) is 5.88 Å². The molecule has 0 heterocycles. The number of halogens is 1. The average molecular weight is 308 g/mol. The Morgan fingerprint density at radius 1 is 1.14 bits per heavy atom. The van der Waals surface area contributed by atoms with E-state index in [1.54, 1.807) is 0 Å². The van der Waals surface area contributed by atoms with Gasteiger partial charge in [0.1, 0.15) is 0 Å². The van der Waals surface area contributed by atoms with E-state index in [9.17, 15) is 4.79 Å². The molecule has 1 fully saturated rings. The van der Waals surface area contributed by atoms with Gasteiger partial charge in [0.2, 0.25) is 0 Å². The van der Waals surface area contributed by atoms with E-state index in [0.717, 1.165) is 31.2 Å². The molecule has 2 rings (SSSR count). The molecular weight excluding hydrogens is 282 g/mol. The Morgan fingerprint density at radius 2 is 1.71 bits per heavy atom. The lowest BCUT2D eigenvalue weighted by Gasteiger charge is -2.36. The van der Waals surface area contributed by atoms with Crippen molar-refractivity contribution in [3.8, 4) is 0 Å². The predicted molar refractivity (Wildman–Crippen MR) is 89.1 cm³/mol. The second kappa shape index (κ2) is 6.39. The van der Waals surface area contributed by atoms with E-state index in [1.807, 2.05) is 24.3 Å². The van der Waals surface area contributed by atoms with Gasteiger partial charge in [0.15, 0.2) is 0 Å². The molecule has 0 aliphatic heterocycles. The third-order valence-corrected chi connectivity index (χ3v) is 4.97. The van der Waals surface area contributed by atoms with Crippen molar-refractivity contribution in [3.05, 3.63) is 35.4 Å². The van der Waals surface area contributed by atoms with Crippen molar-refractivity contribution < 1.29 is 4.79 Å². The maximum absolute atomic E-state index is 12.5. The Balaban J connectivity index is 2.09. The molecule has 1 aliphatic carbocycles. The number of amides is 1. The SMILES string of the molecule is CC(C)(C)c1ccc(C(=O)NC2(CCl)CCCCC2)cc1. The van der Waals surface area contributed by atoms with Gasteiger partial charge in [-0.2, -0.15) is 0 Å². The Morgan fingerprint density at radius 3 is 2.19 bits per heavy atom. The van der Waals surface area contributed by atoms with Crippen LogP contribution in [0.2, 0.25) is 0 Å². The molecule has 0 atom stereocenters. The molecule has 116 valence electrons. The number of hydrogen-bond acceptors (Lipinski definition) is 1. The lowest BCUT2D eigenvalue weighted by Crippen LogP contribution is -2.51. The van der Waals surface area contributed by atoms with Crippen LogP contribution in [0.5, 0.6) is 0 Å². The van der Waals surface area contributed by atoms with E-state index in [1.165, 1.54) is 12.0 Å². The first kappa shape index (κ1) is 16.4. The smallest absolute Gasteiger partial charge is 0.251 e. The topological polar surface area (TPSA) is 29.1 Å². The lowest BCUT2D eigenvalue weighted by molar-refractivity contribution is 0.0884. The zero-order valence-electron chi connectivity index (χ0n) is 13.3. The Labute approximate surface area is 133 Å². The molecule has 3 heteroatoms. The summed E-state index contributed by atoms with van der Waals surface area (Å²) in [5, 5.41) is 3.19. The molecule has 2 nitrogen and oxygen atoms in total. The summed E-state index contributed by atoms with van der Waals surface area (Å²) in [6.45, 7) is 6.52. The van der Waals surface area contributed by atoms with Crippen molar-refractivity contribution in [1.29, 1.82) is 0 Å². The molecule has 0 aromatic heterocycles. The summed E-state index contributed by atoms with van der Waals surface area (Å²) in [5.41, 5.74) is 1.86. The van der Waals surface area contributed by atoms with E-state index >= 15 is 0 Å². The van der Waals surface area contributed by atoms with Gasteiger partial charge in [0, 0.05) is 11.4 Å². The molecule has 1 aliphatic rings. The molecule has 1 saturated carbocycles. The first-order chi connectivity index (χ1) is 9.86. The van der Waals surface area contributed by atoms with Gasteiger partial charge in [-0.1, -0.05) is 52.2 Å². The zero-order chi connectivity index (χ0) is 15.5. The zero-order valence-corrected chi connectivity index (χ0v) is 14.1. The number of nitrogens with one attached hydrogen (secondary N) is 1. The van der Waals surface area contributed by atoms with Crippen LogP contribution in [-0.2, 0) is 5.41 Å². The maximum Gasteiger partial charge on any atom is 0.251 e. The molecule has 0 spiro atoms. The van der Waals surface area contributed by atoms with Crippen LogP contribution in [0.4, 0.5) is 0 Å². The van der Waals surface area contributed by atoms with Crippen molar-refractivity contribution in [2.75, 3.05) is 5.88 Å². The van der Waals surface area contributed by atoms with Crippen molar-refractivity contribution in [3.63, 3.8) is 0 Å². The number of carbonyl (C=O) groups excluding carboxylic acids is 1. The van der Waals surface area contributed by atoms with Crippen LogP contribution < -0.4 is 5.32 Å². The predicted octanol–water partition coefficient (Wildman–Crippen LogP) is 4.66.